The van der Waals surface area contributed by atoms with Gasteiger partial charge in [0, 0.05) is 17.3 Å². The zero-order valence-electron chi connectivity index (χ0n) is 15.1. The average molecular weight is 385 g/mol. The monoisotopic (exact) mass is 385 g/mol. The lowest BCUT2D eigenvalue weighted by Crippen LogP contribution is -2.40. The Morgan fingerprint density at radius 1 is 1.07 bits per heavy atom. The van der Waals surface area contributed by atoms with Crippen molar-refractivity contribution in [3.8, 4) is 11.5 Å². The molecule has 0 unspecified atom stereocenters. The van der Waals surface area contributed by atoms with Crippen molar-refractivity contribution in [3.05, 3.63) is 54.1 Å². The van der Waals surface area contributed by atoms with Gasteiger partial charge in [-0.15, -0.1) is 11.8 Å². The number of hydrogen-bond acceptors (Lipinski definition) is 5. The highest BCUT2D eigenvalue weighted by Crippen LogP contribution is 2.31. The van der Waals surface area contributed by atoms with Gasteiger partial charge in [0.15, 0.2) is 11.5 Å². The van der Waals surface area contributed by atoms with Crippen LogP contribution < -0.4 is 14.8 Å². The van der Waals surface area contributed by atoms with E-state index >= 15 is 0 Å². The van der Waals surface area contributed by atoms with Gasteiger partial charge in [0.25, 0.3) is 5.91 Å². The molecule has 27 heavy (non-hydrogen) atoms. The third kappa shape index (κ3) is 4.57. The van der Waals surface area contributed by atoms with Crippen molar-refractivity contribution in [1.29, 1.82) is 0 Å². The molecular formula is C21H23NO4S. The number of carbonyl (C=O) groups is 1. The van der Waals surface area contributed by atoms with E-state index in [0.717, 1.165) is 41.6 Å². The molecule has 0 aliphatic carbocycles. The molecular weight excluding hydrogens is 362 g/mol. The number of thioether (sulfide) groups is 1. The maximum atomic E-state index is 12.7. The van der Waals surface area contributed by atoms with E-state index in [9.17, 15) is 4.79 Å². The van der Waals surface area contributed by atoms with Crippen LogP contribution in [0.15, 0.2) is 53.4 Å². The molecule has 6 heteroatoms. The molecule has 5 nitrogen and oxygen atoms in total. The Balaban J connectivity index is 1.33. The van der Waals surface area contributed by atoms with Gasteiger partial charge in [-0.3, -0.25) is 4.79 Å². The van der Waals surface area contributed by atoms with E-state index in [1.165, 1.54) is 0 Å². The number of fused-ring (bicyclic) bond motifs is 1. The van der Waals surface area contributed by atoms with Gasteiger partial charge >= 0.3 is 0 Å². The van der Waals surface area contributed by atoms with Crippen molar-refractivity contribution in [1.82, 2.24) is 5.32 Å². The van der Waals surface area contributed by atoms with Crippen molar-refractivity contribution in [2.45, 2.75) is 29.9 Å². The highest BCUT2D eigenvalue weighted by atomic mass is 32.2. The van der Waals surface area contributed by atoms with Gasteiger partial charge in [-0.05, 0) is 37.1 Å². The number of carbonyl (C=O) groups excluding carboxylic acids is 1. The van der Waals surface area contributed by atoms with Crippen LogP contribution in [0, 0.1) is 0 Å². The highest BCUT2D eigenvalue weighted by Gasteiger charge is 2.22. The minimum Gasteiger partial charge on any atom is -0.486 e. The van der Waals surface area contributed by atoms with Crippen LogP contribution in [-0.2, 0) is 4.74 Å². The van der Waals surface area contributed by atoms with Gasteiger partial charge in [-0.1, -0.05) is 24.3 Å². The normalized spacial score (nSPS) is 21.0. The molecule has 1 amide bonds. The number of rotatable bonds is 6. The number of hydrogen-bond donors (Lipinski definition) is 1. The van der Waals surface area contributed by atoms with E-state index in [2.05, 4.69) is 5.32 Å². The zero-order valence-corrected chi connectivity index (χ0v) is 15.9. The molecule has 2 aliphatic rings. The molecule has 0 bridgehead atoms. The fraction of sp³-hybridized carbons (Fsp3) is 0.381. The van der Waals surface area contributed by atoms with Crippen molar-refractivity contribution in [2.24, 2.45) is 0 Å². The molecule has 2 aromatic carbocycles. The minimum atomic E-state index is -0.199. The predicted molar refractivity (Wildman–Crippen MR) is 105 cm³/mol. The third-order valence-corrected chi connectivity index (χ3v) is 5.84. The van der Waals surface area contributed by atoms with Crippen molar-refractivity contribution >= 4 is 17.7 Å². The first kappa shape index (κ1) is 18.2. The van der Waals surface area contributed by atoms with Crippen molar-refractivity contribution in [2.75, 3.05) is 25.5 Å². The summed E-state index contributed by atoms with van der Waals surface area (Å²) in [6.45, 7) is 1.67. The van der Waals surface area contributed by atoms with Crippen LogP contribution in [0.25, 0.3) is 0 Å². The summed E-state index contributed by atoms with van der Waals surface area (Å²) in [5, 5.41) is 2.98. The van der Waals surface area contributed by atoms with Crippen LogP contribution in [0.5, 0.6) is 11.5 Å². The number of ether oxygens (including phenoxy) is 3. The third-order valence-electron chi connectivity index (χ3n) is 4.64. The lowest BCUT2D eigenvalue weighted by Gasteiger charge is -2.26. The van der Waals surface area contributed by atoms with Crippen LogP contribution in [0.2, 0.25) is 0 Å². The topological polar surface area (TPSA) is 56.8 Å². The van der Waals surface area contributed by atoms with Crippen LogP contribution in [0.1, 0.15) is 23.2 Å². The number of amides is 1. The Hall–Kier alpha value is -2.18. The van der Waals surface area contributed by atoms with Crippen LogP contribution in [-0.4, -0.2) is 43.6 Å². The Morgan fingerprint density at radius 2 is 1.89 bits per heavy atom. The van der Waals surface area contributed by atoms with E-state index in [1.807, 2.05) is 48.5 Å². The van der Waals surface area contributed by atoms with Crippen LogP contribution >= 0.6 is 11.8 Å². The molecule has 2 aliphatic heterocycles. The maximum Gasteiger partial charge on any atom is 0.252 e. The molecule has 1 fully saturated rings. The summed E-state index contributed by atoms with van der Waals surface area (Å²) in [4.78, 5) is 13.7. The Kier molecular flexibility index (Phi) is 5.84. The SMILES string of the molecule is O=C(NC[C@H]1COc2ccccc2O1)c1ccccc1SC[C@H]1CCCO1. The first-order chi connectivity index (χ1) is 13.3. The van der Waals surface area contributed by atoms with Gasteiger partial charge < -0.3 is 19.5 Å². The summed E-state index contributed by atoms with van der Waals surface area (Å²) in [6.07, 6.45) is 2.32. The number of para-hydroxylation sites is 2. The van der Waals surface area contributed by atoms with Gasteiger partial charge in [0.1, 0.15) is 12.7 Å². The summed E-state index contributed by atoms with van der Waals surface area (Å²) in [5.41, 5.74) is 0.692. The summed E-state index contributed by atoms with van der Waals surface area (Å²) in [7, 11) is 0. The van der Waals surface area contributed by atoms with E-state index < -0.39 is 0 Å². The molecule has 4 rings (SSSR count). The van der Waals surface area contributed by atoms with E-state index in [0.29, 0.717) is 24.8 Å². The predicted octanol–water partition coefficient (Wildman–Crippen LogP) is 3.53. The standard InChI is InChI=1S/C21H23NO4S/c23-21(22-12-16-13-25-18-8-2-3-9-19(18)26-16)17-7-1-4-10-20(17)27-14-15-6-5-11-24-15/h1-4,7-10,15-16H,5-6,11-14H2,(H,22,23)/t15-,16+/m1/s1. The lowest BCUT2D eigenvalue weighted by molar-refractivity contribution is 0.0787. The average Bonchev–Trinajstić information content (AvgIpc) is 3.24. The molecule has 142 valence electrons. The van der Waals surface area contributed by atoms with E-state index in [-0.39, 0.29) is 12.0 Å². The van der Waals surface area contributed by atoms with Crippen LogP contribution in [0.3, 0.4) is 0 Å². The van der Waals surface area contributed by atoms with Gasteiger partial charge in [0.2, 0.25) is 0 Å². The quantitative estimate of drug-likeness (QED) is 0.771. The summed E-state index contributed by atoms with van der Waals surface area (Å²) in [6, 6.07) is 15.3. The Labute approximate surface area is 163 Å². The second-order valence-electron chi connectivity index (χ2n) is 6.65. The first-order valence-electron chi connectivity index (χ1n) is 9.30. The maximum absolute atomic E-state index is 12.7. The Bertz CT molecular complexity index is 791. The lowest BCUT2D eigenvalue weighted by atomic mass is 10.2. The zero-order chi connectivity index (χ0) is 18.5. The fourth-order valence-electron chi connectivity index (χ4n) is 3.20. The second kappa shape index (κ2) is 8.67. The van der Waals surface area contributed by atoms with Gasteiger partial charge in [-0.2, -0.15) is 0 Å². The summed E-state index contributed by atoms with van der Waals surface area (Å²) in [5.74, 6) is 2.25. The molecule has 0 radical (unpaired) electrons. The minimum absolute atomic E-state index is 0.0899. The molecule has 2 aromatic rings. The molecule has 1 saturated heterocycles. The molecule has 0 spiro atoms. The smallest absolute Gasteiger partial charge is 0.252 e. The Morgan fingerprint density at radius 3 is 2.74 bits per heavy atom. The summed E-state index contributed by atoms with van der Waals surface area (Å²) >= 11 is 1.68. The van der Waals surface area contributed by atoms with Gasteiger partial charge in [0.05, 0.1) is 18.2 Å². The van der Waals surface area contributed by atoms with Crippen LogP contribution in [0.4, 0.5) is 0 Å². The van der Waals surface area contributed by atoms with Crippen molar-refractivity contribution in [3.63, 3.8) is 0 Å². The number of nitrogens with one attached hydrogen (secondary N) is 1. The van der Waals surface area contributed by atoms with E-state index in [4.69, 9.17) is 14.2 Å². The summed E-state index contributed by atoms with van der Waals surface area (Å²) < 4.78 is 17.3. The fourth-order valence-corrected chi connectivity index (χ4v) is 4.32. The van der Waals surface area contributed by atoms with Gasteiger partial charge in [-0.25, -0.2) is 0 Å². The molecule has 2 heterocycles. The van der Waals surface area contributed by atoms with E-state index in [1.54, 1.807) is 11.8 Å². The first-order valence-corrected chi connectivity index (χ1v) is 10.3. The largest absolute Gasteiger partial charge is 0.486 e. The molecule has 0 saturated carbocycles. The molecule has 0 aromatic heterocycles. The highest BCUT2D eigenvalue weighted by molar-refractivity contribution is 7.99. The second-order valence-corrected chi connectivity index (χ2v) is 7.71. The van der Waals surface area contributed by atoms with Crippen molar-refractivity contribution < 1.29 is 19.0 Å². The molecule has 1 N–H and O–H groups in total. The molecule has 2 atom stereocenters. The number of benzene rings is 2.